The van der Waals surface area contributed by atoms with Gasteiger partial charge >= 0.3 is 0 Å². The predicted molar refractivity (Wildman–Crippen MR) is 70.5 cm³/mol. The number of nitrogens with one attached hydrogen (secondary N) is 1. The van der Waals surface area contributed by atoms with Crippen molar-refractivity contribution in [3.63, 3.8) is 0 Å². The first-order valence-corrected chi connectivity index (χ1v) is 8.78. The Morgan fingerprint density at radius 3 is 2.62 bits per heavy atom. The fraction of sp³-hybridized carbons (Fsp3) is 0.900. The first-order chi connectivity index (χ1) is 7.40. The van der Waals surface area contributed by atoms with E-state index in [9.17, 15) is 14.3 Å². The molecule has 96 valence electrons. The van der Waals surface area contributed by atoms with Gasteiger partial charge in [-0.05, 0) is 18.4 Å². The summed E-state index contributed by atoms with van der Waals surface area (Å²) < 4.78 is 11.6. The van der Waals surface area contributed by atoms with E-state index in [4.69, 9.17) is 0 Å². The van der Waals surface area contributed by atoms with Gasteiger partial charge in [-0.15, -0.1) is 0 Å². The Hall–Kier alpha value is 0.01000. The number of rotatable bonds is 8. The molecule has 2 N–H and O–H groups in total. The average molecular weight is 267 g/mol. The van der Waals surface area contributed by atoms with E-state index < -0.39 is 7.37 Å². The summed E-state index contributed by atoms with van der Waals surface area (Å²) in [6, 6.07) is 0. The van der Waals surface area contributed by atoms with Crippen molar-refractivity contribution in [1.82, 2.24) is 5.32 Å². The van der Waals surface area contributed by atoms with Crippen LogP contribution in [0.2, 0.25) is 0 Å². The largest absolute Gasteiger partial charge is 0.356 e. The van der Waals surface area contributed by atoms with Gasteiger partial charge in [0.05, 0.1) is 0 Å². The molecular weight excluding hydrogens is 245 g/mol. The van der Waals surface area contributed by atoms with E-state index in [1.54, 1.807) is 25.6 Å². The number of hydrogen-bond donors (Lipinski definition) is 2. The predicted octanol–water partition coefficient (Wildman–Crippen LogP) is 1.92. The molecule has 4 nitrogen and oxygen atoms in total. The zero-order chi connectivity index (χ0) is 12.6. The van der Waals surface area contributed by atoms with Crippen molar-refractivity contribution >= 4 is 25.0 Å². The molecular formula is C10H22NO3PS. The van der Waals surface area contributed by atoms with Crippen LogP contribution in [0.1, 0.15) is 26.7 Å². The molecule has 1 unspecified atom stereocenters. The van der Waals surface area contributed by atoms with Gasteiger partial charge in [-0.1, -0.05) is 13.8 Å². The van der Waals surface area contributed by atoms with Gasteiger partial charge in [-0.3, -0.25) is 9.36 Å². The second-order valence-corrected chi connectivity index (χ2v) is 8.00. The van der Waals surface area contributed by atoms with Crippen LogP contribution in [0.4, 0.5) is 0 Å². The zero-order valence-corrected chi connectivity index (χ0v) is 11.9. The summed E-state index contributed by atoms with van der Waals surface area (Å²) in [5, 5.41) is 2.67. The van der Waals surface area contributed by atoms with E-state index in [0.717, 1.165) is 12.2 Å². The van der Waals surface area contributed by atoms with Gasteiger partial charge in [0.25, 0.3) is 0 Å². The van der Waals surface area contributed by atoms with Gasteiger partial charge < -0.3 is 10.2 Å². The van der Waals surface area contributed by atoms with Gasteiger partial charge in [0.1, 0.15) is 0 Å². The Bertz CT molecular complexity index is 258. The van der Waals surface area contributed by atoms with Gasteiger partial charge in [-0.2, -0.15) is 11.8 Å². The van der Waals surface area contributed by atoms with Crippen LogP contribution in [0, 0.1) is 0 Å². The van der Waals surface area contributed by atoms with Crippen LogP contribution in [0.25, 0.3) is 0 Å². The molecule has 0 rings (SSSR count). The fourth-order valence-electron chi connectivity index (χ4n) is 1.08. The lowest BCUT2D eigenvalue weighted by atomic mass is 10.3. The van der Waals surface area contributed by atoms with Crippen molar-refractivity contribution < 1.29 is 14.3 Å². The van der Waals surface area contributed by atoms with Gasteiger partial charge in [0, 0.05) is 24.8 Å². The minimum Gasteiger partial charge on any atom is -0.356 e. The van der Waals surface area contributed by atoms with Crippen molar-refractivity contribution in [2.45, 2.75) is 32.3 Å². The van der Waals surface area contributed by atoms with Crippen molar-refractivity contribution in [3.05, 3.63) is 0 Å². The summed E-state index contributed by atoms with van der Waals surface area (Å²) in [7, 11) is -3.07. The Labute approximate surface area is 102 Å². The van der Waals surface area contributed by atoms with E-state index in [2.05, 4.69) is 5.32 Å². The summed E-state index contributed by atoms with van der Waals surface area (Å²) in [6.45, 7) is 3.74. The molecule has 0 saturated heterocycles. The number of thioether (sulfide) groups is 1. The first-order valence-electron chi connectivity index (χ1n) is 5.47. The SMILES string of the molecule is CSCCCC(=O)NCCP(=O)(O)C(C)C. The van der Waals surface area contributed by atoms with Gasteiger partial charge in [-0.25, -0.2) is 0 Å². The van der Waals surface area contributed by atoms with E-state index >= 15 is 0 Å². The molecule has 1 atom stereocenters. The second-order valence-electron chi connectivity index (χ2n) is 4.02. The summed E-state index contributed by atoms with van der Waals surface area (Å²) in [5.41, 5.74) is -0.235. The smallest absolute Gasteiger partial charge is 0.220 e. The van der Waals surface area contributed by atoms with Gasteiger partial charge in [0.15, 0.2) is 0 Å². The Balaban J connectivity index is 3.66. The quantitative estimate of drug-likeness (QED) is 0.521. The third-order valence-electron chi connectivity index (χ3n) is 2.31. The molecule has 0 radical (unpaired) electrons. The maximum atomic E-state index is 11.6. The third-order valence-corrected chi connectivity index (χ3v) is 5.49. The minimum atomic E-state index is -3.07. The van der Waals surface area contributed by atoms with E-state index in [-0.39, 0.29) is 17.7 Å². The molecule has 0 aromatic carbocycles. The lowest BCUT2D eigenvalue weighted by Crippen LogP contribution is -2.27. The molecule has 0 aliphatic rings. The van der Waals surface area contributed by atoms with Crippen molar-refractivity contribution in [2.75, 3.05) is 24.7 Å². The number of hydrogen-bond acceptors (Lipinski definition) is 3. The van der Waals surface area contributed by atoms with Crippen molar-refractivity contribution in [2.24, 2.45) is 0 Å². The maximum Gasteiger partial charge on any atom is 0.220 e. The highest BCUT2D eigenvalue weighted by atomic mass is 32.2. The van der Waals surface area contributed by atoms with Crippen LogP contribution in [-0.4, -0.2) is 41.2 Å². The zero-order valence-electron chi connectivity index (χ0n) is 10.2. The Morgan fingerprint density at radius 1 is 1.50 bits per heavy atom. The van der Waals surface area contributed by atoms with Crippen LogP contribution in [0.15, 0.2) is 0 Å². The lowest BCUT2D eigenvalue weighted by molar-refractivity contribution is -0.120. The number of carbonyl (C=O) groups is 1. The molecule has 1 amide bonds. The lowest BCUT2D eigenvalue weighted by Gasteiger charge is -2.15. The monoisotopic (exact) mass is 267 g/mol. The normalized spacial score (nSPS) is 14.8. The highest BCUT2D eigenvalue weighted by molar-refractivity contribution is 7.98. The molecule has 0 aliphatic carbocycles. The van der Waals surface area contributed by atoms with Crippen LogP contribution in [0.3, 0.4) is 0 Å². The highest BCUT2D eigenvalue weighted by Gasteiger charge is 2.22. The summed E-state index contributed by atoms with van der Waals surface area (Å²) >= 11 is 1.71. The minimum absolute atomic E-state index is 0.0298. The van der Waals surface area contributed by atoms with E-state index in [0.29, 0.717) is 13.0 Å². The fourth-order valence-corrected chi connectivity index (χ4v) is 2.46. The standard InChI is InChI=1S/C10H22NO3PS/c1-9(2)15(13,14)7-6-11-10(12)5-4-8-16-3/h9H,4-8H2,1-3H3,(H,11,12)(H,13,14). The van der Waals surface area contributed by atoms with Crippen LogP contribution < -0.4 is 5.32 Å². The molecule has 0 fully saturated rings. The molecule has 0 bridgehead atoms. The summed E-state index contributed by atoms with van der Waals surface area (Å²) in [4.78, 5) is 20.8. The van der Waals surface area contributed by atoms with E-state index in [1.807, 2.05) is 6.26 Å². The van der Waals surface area contributed by atoms with Crippen molar-refractivity contribution in [3.8, 4) is 0 Å². The molecule has 0 aromatic rings. The molecule has 0 aliphatic heterocycles. The first kappa shape index (κ1) is 16.0. The Morgan fingerprint density at radius 2 is 2.12 bits per heavy atom. The number of amides is 1. The highest BCUT2D eigenvalue weighted by Crippen LogP contribution is 2.44. The average Bonchev–Trinajstić information content (AvgIpc) is 2.17. The topological polar surface area (TPSA) is 66.4 Å². The molecule has 0 aromatic heterocycles. The van der Waals surface area contributed by atoms with Gasteiger partial charge in [0.2, 0.25) is 13.3 Å². The molecule has 0 heterocycles. The van der Waals surface area contributed by atoms with E-state index in [1.165, 1.54) is 0 Å². The number of carbonyl (C=O) groups excluding carboxylic acids is 1. The summed E-state index contributed by atoms with van der Waals surface area (Å²) in [6.07, 6.45) is 3.52. The summed E-state index contributed by atoms with van der Waals surface area (Å²) in [5.74, 6) is 0.940. The van der Waals surface area contributed by atoms with Crippen LogP contribution >= 0.6 is 19.1 Å². The molecule has 0 saturated carbocycles. The Kier molecular flexibility index (Phi) is 8.16. The van der Waals surface area contributed by atoms with Crippen molar-refractivity contribution in [1.29, 1.82) is 0 Å². The molecule has 16 heavy (non-hydrogen) atoms. The van der Waals surface area contributed by atoms with Crippen LogP contribution in [0.5, 0.6) is 0 Å². The molecule has 0 spiro atoms. The maximum absolute atomic E-state index is 11.6. The third kappa shape index (κ3) is 7.31. The van der Waals surface area contributed by atoms with Crippen LogP contribution in [-0.2, 0) is 9.36 Å². The molecule has 6 heteroatoms. The second kappa shape index (κ2) is 8.15.